The van der Waals surface area contributed by atoms with E-state index < -0.39 is 11.9 Å². The fourth-order valence-corrected chi connectivity index (χ4v) is 1.59. The highest BCUT2D eigenvalue weighted by molar-refractivity contribution is 6.34. The molecule has 0 saturated heterocycles. The molecule has 19 heavy (non-hydrogen) atoms. The van der Waals surface area contributed by atoms with Crippen molar-refractivity contribution in [2.24, 2.45) is 0 Å². The molecule has 7 heteroatoms. The van der Waals surface area contributed by atoms with Gasteiger partial charge in [-0.15, -0.1) is 0 Å². The number of carboxylic acids is 1. The number of carbonyl (C=O) groups is 2. The number of nitrogens with one attached hydrogen (secondary N) is 1. The van der Waals surface area contributed by atoms with E-state index in [4.69, 9.17) is 16.7 Å². The van der Waals surface area contributed by atoms with Crippen LogP contribution in [0.4, 0.5) is 5.69 Å². The van der Waals surface area contributed by atoms with Crippen molar-refractivity contribution in [3.63, 3.8) is 0 Å². The highest BCUT2D eigenvalue weighted by atomic mass is 35.5. The third-order valence-corrected chi connectivity index (χ3v) is 2.56. The van der Waals surface area contributed by atoms with E-state index in [1.54, 1.807) is 0 Å². The second-order valence-corrected chi connectivity index (χ2v) is 3.98. The number of hydrogen-bond acceptors (Lipinski definition) is 4. The maximum Gasteiger partial charge on any atom is 0.337 e. The Bertz CT molecular complexity index is 646. The van der Waals surface area contributed by atoms with E-state index in [-0.39, 0.29) is 21.8 Å². The lowest BCUT2D eigenvalue weighted by molar-refractivity contribution is 0.0696. The molecule has 2 rings (SSSR count). The summed E-state index contributed by atoms with van der Waals surface area (Å²) in [7, 11) is 0. The number of hydrogen-bond donors (Lipinski definition) is 2. The van der Waals surface area contributed by atoms with Crippen molar-refractivity contribution >= 4 is 29.2 Å². The molecule has 2 heterocycles. The first kappa shape index (κ1) is 13.0. The first-order valence-electron chi connectivity index (χ1n) is 5.17. The predicted octanol–water partition coefficient (Wildman–Crippen LogP) is 2.08. The Balaban J connectivity index is 2.22. The van der Waals surface area contributed by atoms with Crippen LogP contribution >= 0.6 is 11.6 Å². The van der Waals surface area contributed by atoms with Crippen molar-refractivity contribution in [2.75, 3.05) is 5.32 Å². The van der Waals surface area contributed by atoms with Gasteiger partial charge in [0.05, 0.1) is 28.0 Å². The lowest BCUT2D eigenvalue weighted by atomic mass is 10.2. The van der Waals surface area contributed by atoms with E-state index >= 15 is 0 Å². The van der Waals surface area contributed by atoms with Crippen molar-refractivity contribution in [2.45, 2.75) is 0 Å². The summed E-state index contributed by atoms with van der Waals surface area (Å²) in [5.41, 5.74) is 0.508. The monoisotopic (exact) mass is 277 g/mol. The van der Waals surface area contributed by atoms with E-state index in [9.17, 15) is 9.59 Å². The zero-order valence-electron chi connectivity index (χ0n) is 9.50. The molecule has 0 saturated carbocycles. The Morgan fingerprint density at radius 1 is 1.21 bits per heavy atom. The summed E-state index contributed by atoms with van der Waals surface area (Å²) in [5, 5.41) is 11.6. The van der Waals surface area contributed by atoms with E-state index in [0.717, 1.165) is 0 Å². The van der Waals surface area contributed by atoms with Crippen LogP contribution in [0.1, 0.15) is 20.7 Å². The molecule has 0 aliphatic rings. The minimum Gasteiger partial charge on any atom is -0.478 e. The molecular weight excluding hydrogens is 270 g/mol. The smallest absolute Gasteiger partial charge is 0.337 e. The molecule has 2 N–H and O–H groups in total. The summed E-state index contributed by atoms with van der Waals surface area (Å²) in [6.45, 7) is 0. The Hall–Kier alpha value is -2.47. The number of carboxylic acid groups (broad SMARTS) is 1. The second-order valence-electron chi connectivity index (χ2n) is 3.58. The number of carbonyl (C=O) groups excluding carboxylic acids is 1. The van der Waals surface area contributed by atoms with E-state index in [0.29, 0.717) is 0 Å². The minimum atomic E-state index is -1.12. The Morgan fingerprint density at radius 3 is 2.68 bits per heavy atom. The molecular formula is C12H8ClN3O3. The molecule has 0 aromatic carbocycles. The molecule has 0 aliphatic carbocycles. The molecule has 0 fully saturated rings. The van der Waals surface area contributed by atoms with Crippen LogP contribution in [0.3, 0.4) is 0 Å². The quantitative estimate of drug-likeness (QED) is 0.896. The number of aromatic carboxylic acids is 1. The molecule has 0 atom stereocenters. The van der Waals surface area contributed by atoms with Gasteiger partial charge in [0.25, 0.3) is 5.91 Å². The van der Waals surface area contributed by atoms with Gasteiger partial charge in [0.15, 0.2) is 0 Å². The molecule has 6 nitrogen and oxygen atoms in total. The number of pyridine rings is 2. The molecule has 0 spiro atoms. The van der Waals surface area contributed by atoms with Crippen molar-refractivity contribution < 1.29 is 14.7 Å². The van der Waals surface area contributed by atoms with Crippen LogP contribution < -0.4 is 5.32 Å². The number of halogens is 1. The van der Waals surface area contributed by atoms with Crippen molar-refractivity contribution in [3.8, 4) is 0 Å². The zero-order chi connectivity index (χ0) is 13.8. The van der Waals surface area contributed by atoms with Crippen LogP contribution in [0.15, 0.2) is 36.9 Å². The number of rotatable bonds is 3. The molecule has 0 radical (unpaired) electrons. The van der Waals surface area contributed by atoms with Crippen molar-refractivity contribution in [1.29, 1.82) is 0 Å². The maximum atomic E-state index is 11.9. The molecule has 0 aliphatic heterocycles. The summed E-state index contributed by atoms with van der Waals surface area (Å²) >= 11 is 5.83. The van der Waals surface area contributed by atoms with Crippen LogP contribution in [0.2, 0.25) is 5.02 Å². The molecule has 0 bridgehead atoms. The van der Waals surface area contributed by atoms with Gasteiger partial charge < -0.3 is 10.4 Å². The molecule has 96 valence electrons. The van der Waals surface area contributed by atoms with Gasteiger partial charge in [-0.3, -0.25) is 14.8 Å². The summed E-state index contributed by atoms with van der Waals surface area (Å²) in [5.74, 6) is -1.58. The fraction of sp³-hybridized carbons (Fsp3) is 0. The fourth-order valence-electron chi connectivity index (χ4n) is 1.38. The van der Waals surface area contributed by atoms with Crippen molar-refractivity contribution in [3.05, 3.63) is 53.1 Å². The number of aromatic nitrogens is 2. The van der Waals surface area contributed by atoms with Gasteiger partial charge in [0.1, 0.15) is 0 Å². The average Bonchev–Trinajstić information content (AvgIpc) is 2.39. The largest absolute Gasteiger partial charge is 0.478 e. The van der Waals surface area contributed by atoms with Crippen LogP contribution in [-0.2, 0) is 0 Å². The van der Waals surface area contributed by atoms with Crippen LogP contribution in [-0.4, -0.2) is 27.0 Å². The molecule has 2 aromatic rings. The topological polar surface area (TPSA) is 92.2 Å². The molecule has 2 aromatic heterocycles. The predicted molar refractivity (Wildman–Crippen MR) is 68.4 cm³/mol. The highest BCUT2D eigenvalue weighted by Gasteiger charge is 2.11. The van der Waals surface area contributed by atoms with Crippen LogP contribution in [0, 0.1) is 0 Å². The van der Waals surface area contributed by atoms with Crippen LogP contribution in [0.5, 0.6) is 0 Å². The lowest BCUT2D eigenvalue weighted by Gasteiger charge is -2.06. The normalized spacial score (nSPS) is 9.95. The van der Waals surface area contributed by atoms with Crippen LogP contribution in [0.25, 0.3) is 0 Å². The zero-order valence-corrected chi connectivity index (χ0v) is 10.3. The highest BCUT2D eigenvalue weighted by Crippen LogP contribution is 2.16. The third-order valence-electron chi connectivity index (χ3n) is 2.26. The number of nitrogens with zero attached hydrogens (tertiary/aromatic N) is 2. The molecule has 0 unspecified atom stereocenters. The summed E-state index contributed by atoms with van der Waals surface area (Å²) in [6, 6.07) is 2.77. The maximum absolute atomic E-state index is 11.9. The van der Waals surface area contributed by atoms with Gasteiger partial charge in [0, 0.05) is 18.6 Å². The second kappa shape index (κ2) is 5.45. The van der Waals surface area contributed by atoms with Gasteiger partial charge in [-0.05, 0) is 12.1 Å². The number of anilines is 1. The average molecular weight is 278 g/mol. The molecule has 1 amide bonds. The van der Waals surface area contributed by atoms with Gasteiger partial charge in [-0.25, -0.2) is 4.79 Å². The summed E-state index contributed by atoms with van der Waals surface area (Å²) in [6.07, 6.45) is 5.33. The van der Waals surface area contributed by atoms with Gasteiger partial charge in [-0.1, -0.05) is 11.6 Å². The standard InChI is InChI=1S/C12H8ClN3O3/c13-10-6-14-2-1-9(10)11(17)16-8-3-7(12(18)19)4-15-5-8/h1-6H,(H,16,17)(H,18,19). The Labute approximate surface area is 113 Å². The van der Waals surface area contributed by atoms with E-state index in [1.165, 1.54) is 36.9 Å². The van der Waals surface area contributed by atoms with E-state index in [1.807, 2.05) is 0 Å². The first-order valence-corrected chi connectivity index (χ1v) is 5.55. The first-order chi connectivity index (χ1) is 9.08. The van der Waals surface area contributed by atoms with Crippen molar-refractivity contribution in [1.82, 2.24) is 9.97 Å². The van der Waals surface area contributed by atoms with Gasteiger partial charge in [-0.2, -0.15) is 0 Å². The lowest BCUT2D eigenvalue weighted by Crippen LogP contribution is -2.13. The minimum absolute atomic E-state index is 0.0152. The Morgan fingerprint density at radius 2 is 2.00 bits per heavy atom. The van der Waals surface area contributed by atoms with E-state index in [2.05, 4.69) is 15.3 Å². The Kier molecular flexibility index (Phi) is 3.72. The van der Waals surface area contributed by atoms with Gasteiger partial charge in [0.2, 0.25) is 0 Å². The third kappa shape index (κ3) is 3.05. The SMILES string of the molecule is O=C(O)c1cncc(NC(=O)c2ccncc2Cl)c1. The summed E-state index contributed by atoms with van der Waals surface area (Å²) < 4.78 is 0. The summed E-state index contributed by atoms with van der Waals surface area (Å²) in [4.78, 5) is 30.2. The van der Waals surface area contributed by atoms with Gasteiger partial charge >= 0.3 is 5.97 Å². The number of amides is 1.